The van der Waals surface area contributed by atoms with Crippen molar-refractivity contribution < 1.29 is 4.42 Å². The molecule has 0 saturated heterocycles. The minimum absolute atomic E-state index is 0.405. The minimum Gasteiger partial charge on any atom is -0.456 e. The summed E-state index contributed by atoms with van der Waals surface area (Å²) in [5, 5.41) is 16.2. The Balaban J connectivity index is 1.82. The van der Waals surface area contributed by atoms with Crippen molar-refractivity contribution in [3.8, 4) is 17.2 Å². The molecule has 0 spiro atoms. The summed E-state index contributed by atoms with van der Waals surface area (Å²) in [7, 11) is 0. The van der Waals surface area contributed by atoms with E-state index in [0.29, 0.717) is 5.69 Å². The van der Waals surface area contributed by atoms with Crippen LogP contribution >= 0.6 is 0 Å². The second kappa shape index (κ2) is 5.92. The molecule has 0 unspecified atom stereocenters. The second-order valence-electron chi connectivity index (χ2n) is 7.15. The zero-order chi connectivity index (χ0) is 19.4. The SMILES string of the molecule is N#Cc1cc(-c2cc3oc4ccc5ccccc5c4c3c3ccccc23)ccn1. The van der Waals surface area contributed by atoms with Gasteiger partial charge in [-0.25, -0.2) is 4.98 Å². The van der Waals surface area contributed by atoms with E-state index in [1.54, 1.807) is 6.20 Å². The molecular formula is C26H14N2O. The Morgan fingerprint density at radius 2 is 1.48 bits per heavy atom. The molecule has 0 N–H and O–H groups in total. The van der Waals surface area contributed by atoms with Crippen LogP contribution in [0.4, 0.5) is 0 Å². The number of nitrogens with zero attached hydrogens (tertiary/aromatic N) is 2. The largest absolute Gasteiger partial charge is 0.456 e. The lowest BCUT2D eigenvalue weighted by atomic mass is 9.94. The Morgan fingerprint density at radius 3 is 2.34 bits per heavy atom. The average Bonchev–Trinajstić information content (AvgIpc) is 3.18. The molecule has 3 heteroatoms. The normalized spacial score (nSPS) is 11.4. The first-order valence-electron chi connectivity index (χ1n) is 9.46. The zero-order valence-electron chi connectivity index (χ0n) is 15.4. The number of benzene rings is 4. The summed E-state index contributed by atoms with van der Waals surface area (Å²) in [6.07, 6.45) is 1.68. The fraction of sp³-hybridized carbons (Fsp3) is 0. The molecule has 134 valence electrons. The fourth-order valence-electron chi connectivity index (χ4n) is 4.30. The van der Waals surface area contributed by atoms with Gasteiger partial charge in [-0.15, -0.1) is 0 Å². The third-order valence-corrected chi connectivity index (χ3v) is 5.55. The molecule has 0 aliphatic rings. The van der Waals surface area contributed by atoms with Crippen molar-refractivity contribution in [2.24, 2.45) is 0 Å². The molecule has 29 heavy (non-hydrogen) atoms. The van der Waals surface area contributed by atoms with Gasteiger partial charge in [-0.1, -0.05) is 54.6 Å². The summed E-state index contributed by atoms with van der Waals surface area (Å²) in [5.41, 5.74) is 4.13. The topological polar surface area (TPSA) is 49.8 Å². The van der Waals surface area contributed by atoms with Crippen LogP contribution < -0.4 is 0 Å². The van der Waals surface area contributed by atoms with Crippen molar-refractivity contribution in [3.05, 3.63) is 90.8 Å². The molecule has 4 aromatic carbocycles. The van der Waals surface area contributed by atoms with Crippen molar-refractivity contribution in [1.82, 2.24) is 4.98 Å². The Kier molecular flexibility index (Phi) is 3.24. The van der Waals surface area contributed by atoms with Crippen molar-refractivity contribution in [2.45, 2.75) is 0 Å². The predicted molar refractivity (Wildman–Crippen MR) is 117 cm³/mol. The van der Waals surface area contributed by atoms with Crippen LogP contribution in [0.1, 0.15) is 5.69 Å². The van der Waals surface area contributed by atoms with Crippen LogP contribution in [0, 0.1) is 11.3 Å². The van der Waals surface area contributed by atoms with Crippen molar-refractivity contribution in [1.29, 1.82) is 5.26 Å². The molecule has 6 rings (SSSR count). The predicted octanol–water partition coefficient (Wildman–Crippen LogP) is 6.83. The molecule has 0 radical (unpaired) electrons. The quantitative estimate of drug-likeness (QED) is 0.319. The van der Waals surface area contributed by atoms with Crippen LogP contribution in [-0.2, 0) is 0 Å². The van der Waals surface area contributed by atoms with E-state index < -0.39 is 0 Å². The zero-order valence-corrected chi connectivity index (χ0v) is 15.4. The van der Waals surface area contributed by atoms with Gasteiger partial charge < -0.3 is 4.42 Å². The van der Waals surface area contributed by atoms with Crippen LogP contribution in [0.25, 0.3) is 54.6 Å². The van der Waals surface area contributed by atoms with Crippen LogP contribution in [-0.4, -0.2) is 4.98 Å². The molecule has 3 nitrogen and oxygen atoms in total. The van der Waals surface area contributed by atoms with Gasteiger partial charge in [0.15, 0.2) is 0 Å². The maximum atomic E-state index is 9.26. The summed E-state index contributed by atoms with van der Waals surface area (Å²) in [6, 6.07) is 28.9. The van der Waals surface area contributed by atoms with E-state index in [9.17, 15) is 5.26 Å². The van der Waals surface area contributed by atoms with E-state index in [1.165, 1.54) is 10.8 Å². The molecule has 0 atom stereocenters. The van der Waals surface area contributed by atoms with Crippen LogP contribution in [0.3, 0.4) is 0 Å². The summed E-state index contributed by atoms with van der Waals surface area (Å²) in [5.74, 6) is 0. The van der Waals surface area contributed by atoms with E-state index in [2.05, 4.69) is 65.7 Å². The summed E-state index contributed by atoms with van der Waals surface area (Å²) < 4.78 is 6.31. The first-order chi connectivity index (χ1) is 14.3. The molecule has 2 heterocycles. The molecule has 0 fully saturated rings. The molecule has 0 saturated carbocycles. The van der Waals surface area contributed by atoms with Gasteiger partial charge in [-0.3, -0.25) is 0 Å². The lowest BCUT2D eigenvalue weighted by Crippen LogP contribution is -1.86. The van der Waals surface area contributed by atoms with Gasteiger partial charge in [0.2, 0.25) is 0 Å². The maximum absolute atomic E-state index is 9.26. The van der Waals surface area contributed by atoms with Gasteiger partial charge in [-0.05, 0) is 56.9 Å². The molecule has 0 bridgehead atoms. The molecule has 0 aliphatic carbocycles. The highest BCUT2D eigenvalue weighted by Crippen LogP contribution is 2.42. The van der Waals surface area contributed by atoms with Crippen LogP contribution in [0.2, 0.25) is 0 Å². The van der Waals surface area contributed by atoms with E-state index in [0.717, 1.165) is 43.8 Å². The smallest absolute Gasteiger partial charge is 0.141 e. The lowest BCUT2D eigenvalue weighted by molar-refractivity contribution is 0.669. The molecular weight excluding hydrogens is 356 g/mol. The summed E-state index contributed by atoms with van der Waals surface area (Å²) in [4.78, 5) is 4.11. The Bertz CT molecular complexity index is 1620. The summed E-state index contributed by atoms with van der Waals surface area (Å²) in [6.45, 7) is 0. The second-order valence-corrected chi connectivity index (χ2v) is 7.15. The highest BCUT2D eigenvalue weighted by atomic mass is 16.3. The average molecular weight is 370 g/mol. The highest BCUT2D eigenvalue weighted by molar-refractivity contribution is 6.28. The minimum atomic E-state index is 0.405. The maximum Gasteiger partial charge on any atom is 0.141 e. The molecule has 2 aromatic heterocycles. The summed E-state index contributed by atoms with van der Waals surface area (Å²) >= 11 is 0. The number of fused-ring (bicyclic) bond motifs is 7. The van der Waals surface area contributed by atoms with E-state index >= 15 is 0 Å². The van der Waals surface area contributed by atoms with Gasteiger partial charge in [0.05, 0.1) is 0 Å². The van der Waals surface area contributed by atoms with Crippen LogP contribution in [0.5, 0.6) is 0 Å². The van der Waals surface area contributed by atoms with E-state index in [4.69, 9.17) is 4.42 Å². The highest BCUT2D eigenvalue weighted by Gasteiger charge is 2.16. The number of rotatable bonds is 1. The van der Waals surface area contributed by atoms with Gasteiger partial charge in [0.1, 0.15) is 22.9 Å². The van der Waals surface area contributed by atoms with E-state index in [1.807, 2.05) is 24.3 Å². The third-order valence-electron chi connectivity index (χ3n) is 5.55. The lowest BCUT2D eigenvalue weighted by Gasteiger charge is -2.09. The third kappa shape index (κ3) is 2.27. The Labute approximate surface area is 166 Å². The first kappa shape index (κ1) is 15.9. The number of aromatic nitrogens is 1. The van der Waals surface area contributed by atoms with Crippen LogP contribution in [0.15, 0.2) is 89.5 Å². The van der Waals surface area contributed by atoms with E-state index in [-0.39, 0.29) is 0 Å². The van der Waals surface area contributed by atoms with Gasteiger partial charge in [0, 0.05) is 17.0 Å². The van der Waals surface area contributed by atoms with Gasteiger partial charge in [-0.2, -0.15) is 5.26 Å². The Morgan fingerprint density at radius 1 is 0.724 bits per heavy atom. The van der Waals surface area contributed by atoms with Gasteiger partial charge in [0.25, 0.3) is 0 Å². The van der Waals surface area contributed by atoms with Crippen molar-refractivity contribution in [3.63, 3.8) is 0 Å². The molecule has 0 amide bonds. The number of pyridine rings is 1. The number of nitriles is 1. The number of hydrogen-bond donors (Lipinski definition) is 0. The Hall–Kier alpha value is -4.16. The van der Waals surface area contributed by atoms with Crippen molar-refractivity contribution >= 4 is 43.5 Å². The van der Waals surface area contributed by atoms with Gasteiger partial charge >= 0.3 is 0 Å². The number of furan rings is 1. The molecule has 6 aromatic rings. The monoisotopic (exact) mass is 370 g/mol. The first-order valence-corrected chi connectivity index (χ1v) is 9.46. The van der Waals surface area contributed by atoms with Crippen molar-refractivity contribution in [2.75, 3.05) is 0 Å². The fourth-order valence-corrected chi connectivity index (χ4v) is 4.30. The number of hydrogen-bond acceptors (Lipinski definition) is 3. The standard InChI is InChI=1S/C26H14N2O/c27-15-18-13-17(11-12-28-18)22-14-24-26(21-8-4-3-7-20(21)22)25-19-6-2-1-5-16(19)9-10-23(25)29-24/h1-14H. The molecule has 0 aliphatic heterocycles.